The minimum atomic E-state index is -0.352. The molecule has 1 aliphatic heterocycles. The molecule has 0 radical (unpaired) electrons. The number of fused-ring (bicyclic) bond motifs is 1. The first-order valence-electron chi connectivity index (χ1n) is 7.91. The zero-order valence-corrected chi connectivity index (χ0v) is 13.3. The second-order valence-electron chi connectivity index (χ2n) is 5.81. The second-order valence-corrected chi connectivity index (χ2v) is 5.81. The Morgan fingerprint density at radius 1 is 1.21 bits per heavy atom. The number of amides is 1. The number of aryl methyl sites for hydroxylation is 1. The number of carbonyl (C=O) groups is 1. The number of morpholine rings is 1. The van der Waals surface area contributed by atoms with E-state index in [1.807, 2.05) is 42.5 Å². The zero-order chi connectivity index (χ0) is 16.5. The van der Waals surface area contributed by atoms with E-state index >= 15 is 0 Å². The number of ether oxygens (including phenoxy) is 1. The summed E-state index contributed by atoms with van der Waals surface area (Å²) in [6.07, 6.45) is -0.352. The summed E-state index contributed by atoms with van der Waals surface area (Å²) in [5.74, 6) is 0.981. The lowest BCUT2D eigenvalue weighted by Gasteiger charge is -2.31. The molecule has 24 heavy (non-hydrogen) atoms. The third kappa shape index (κ3) is 2.65. The van der Waals surface area contributed by atoms with Crippen molar-refractivity contribution < 1.29 is 14.1 Å². The van der Waals surface area contributed by atoms with E-state index in [0.29, 0.717) is 37.0 Å². The number of rotatable bonds is 2. The van der Waals surface area contributed by atoms with Crippen LogP contribution in [0, 0.1) is 6.92 Å². The van der Waals surface area contributed by atoms with Crippen LogP contribution < -0.4 is 0 Å². The number of hydrogen-bond donors (Lipinski definition) is 0. The van der Waals surface area contributed by atoms with Crippen molar-refractivity contribution in [2.45, 2.75) is 13.0 Å². The number of hydrogen-bond acceptors (Lipinski definition) is 5. The monoisotopic (exact) mass is 323 g/mol. The van der Waals surface area contributed by atoms with Gasteiger partial charge in [0.2, 0.25) is 11.7 Å². The summed E-state index contributed by atoms with van der Waals surface area (Å²) in [5.41, 5.74) is 0.707. The van der Waals surface area contributed by atoms with Crippen molar-refractivity contribution in [1.82, 2.24) is 15.0 Å². The van der Waals surface area contributed by atoms with E-state index in [0.717, 1.165) is 10.8 Å². The fraction of sp³-hybridized carbons (Fsp3) is 0.278. The molecule has 0 N–H and O–H groups in total. The maximum atomic E-state index is 13.0. The normalized spacial score (nSPS) is 18.0. The summed E-state index contributed by atoms with van der Waals surface area (Å²) >= 11 is 0. The van der Waals surface area contributed by atoms with Gasteiger partial charge in [0.1, 0.15) is 6.10 Å². The molecule has 0 bridgehead atoms. The summed E-state index contributed by atoms with van der Waals surface area (Å²) in [7, 11) is 0. The first kappa shape index (κ1) is 14.8. The maximum Gasteiger partial charge on any atom is 0.254 e. The lowest BCUT2D eigenvalue weighted by molar-refractivity contribution is -0.0275. The fourth-order valence-corrected chi connectivity index (χ4v) is 3.02. The summed E-state index contributed by atoms with van der Waals surface area (Å²) in [4.78, 5) is 19.0. The van der Waals surface area contributed by atoms with Gasteiger partial charge in [-0.3, -0.25) is 4.79 Å². The van der Waals surface area contributed by atoms with Crippen LogP contribution in [0.5, 0.6) is 0 Å². The minimum absolute atomic E-state index is 0.000293. The van der Waals surface area contributed by atoms with Gasteiger partial charge in [-0.05, 0) is 16.8 Å². The van der Waals surface area contributed by atoms with Crippen LogP contribution in [-0.4, -0.2) is 40.6 Å². The van der Waals surface area contributed by atoms with Crippen LogP contribution in [0.3, 0.4) is 0 Å². The topological polar surface area (TPSA) is 68.5 Å². The molecule has 4 rings (SSSR count). The summed E-state index contributed by atoms with van der Waals surface area (Å²) < 4.78 is 10.7. The standard InChI is InChI=1S/C18H17N3O3/c1-12-19-17(20-24-12)16-11-21(9-10-23-16)18(22)15-8-4-6-13-5-2-3-7-14(13)15/h2-8,16H,9-11H2,1H3/t16-/m0/s1. The van der Waals surface area contributed by atoms with Gasteiger partial charge in [-0.1, -0.05) is 41.6 Å². The molecule has 0 saturated carbocycles. The lowest BCUT2D eigenvalue weighted by atomic mass is 10.0. The molecule has 122 valence electrons. The molecule has 1 atom stereocenters. The zero-order valence-electron chi connectivity index (χ0n) is 13.3. The largest absolute Gasteiger partial charge is 0.366 e. The third-order valence-electron chi connectivity index (χ3n) is 4.20. The Hall–Kier alpha value is -2.73. The van der Waals surface area contributed by atoms with Crippen molar-refractivity contribution in [3.63, 3.8) is 0 Å². The molecule has 1 amide bonds. The number of benzene rings is 2. The Balaban J connectivity index is 1.61. The Bertz CT molecular complexity index is 885. The highest BCUT2D eigenvalue weighted by Crippen LogP contribution is 2.24. The maximum absolute atomic E-state index is 13.0. The van der Waals surface area contributed by atoms with Crippen LogP contribution in [0.15, 0.2) is 47.0 Å². The van der Waals surface area contributed by atoms with E-state index in [9.17, 15) is 4.79 Å². The van der Waals surface area contributed by atoms with E-state index in [1.54, 1.807) is 11.8 Å². The van der Waals surface area contributed by atoms with E-state index < -0.39 is 0 Å². The Morgan fingerprint density at radius 2 is 2.04 bits per heavy atom. The van der Waals surface area contributed by atoms with Gasteiger partial charge in [0.15, 0.2) is 0 Å². The van der Waals surface area contributed by atoms with Gasteiger partial charge in [-0.15, -0.1) is 0 Å². The predicted molar refractivity (Wildman–Crippen MR) is 87.6 cm³/mol. The quantitative estimate of drug-likeness (QED) is 0.725. The number of aromatic nitrogens is 2. The molecule has 1 aliphatic rings. The lowest BCUT2D eigenvalue weighted by Crippen LogP contribution is -2.42. The van der Waals surface area contributed by atoms with Crippen LogP contribution in [0.4, 0.5) is 0 Å². The Morgan fingerprint density at radius 3 is 2.88 bits per heavy atom. The molecular weight excluding hydrogens is 306 g/mol. The molecule has 1 saturated heterocycles. The summed E-state index contributed by atoms with van der Waals surface area (Å²) in [6, 6.07) is 13.7. The molecule has 0 spiro atoms. The fourth-order valence-electron chi connectivity index (χ4n) is 3.02. The predicted octanol–water partition coefficient (Wildman–Crippen LogP) is 2.74. The van der Waals surface area contributed by atoms with Gasteiger partial charge in [-0.25, -0.2) is 0 Å². The molecule has 2 heterocycles. The molecule has 3 aromatic rings. The van der Waals surface area contributed by atoms with E-state index in [-0.39, 0.29) is 12.0 Å². The van der Waals surface area contributed by atoms with Gasteiger partial charge in [0.05, 0.1) is 13.2 Å². The average Bonchev–Trinajstić information content (AvgIpc) is 3.07. The Kier molecular flexibility index (Phi) is 3.74. The van der Waals surface area contributed by atoms with Crippen molar-refractivity contribution in [3.05, 3.63) is 59.7 Å². The van der Waals surface area contributed by atoms with Crippen molar-refractivity contribution in [1.29, 1.82) is 0 Å². The van der Waals surface area contributed by atoms with Gasteiger partial charge in [-0.2, -0.15) is 4.98 Å². The SMILES string of the molecule is Cc1nc([C@@H]2CN(C(=O)c3cccc4ccccc34)CCO2)no1. The van der Waals surface area contributed by atoms with Crippen molar-refractivity contribution in [2.75, 3.05) is 19.7 Å². The molecule has 1 fully saturated rings. The van der Waals surface area contributed by atoms with Crippen LogP contribution in [0.2, 0.25) is 0 Å². The van der Waals surface area contributed by atoms with Gasteiger partial charge >= 0.3 is 0 Å². The van der Waals surface area contributed by atoms with Crippen molar-refractivity contribution in [2.24, 2.45) is 0 Å². The highest BCUT2D eigenvalue weighted by molar-refractivity contribution is 6.07. The van der Waals surface area contributed by atoms with Gasteiger partial charge < -0.3 is 14.2 Å². The molecule has 2 aromatic carbocycles. The van der Waals surface area contributed by atoms with Crippen molar-refractivity contribution in [3.8, 4) is 0 Å². The van der Waals surface area contributed by atoms with Crippen LogP contribution in [0.25, 0.3) is 10.8 Å². The minimum Gasteiger partial charge on any atom is -0.366 e. The second kappa shape index (κ2) is 6.05. The van der Waals surface area contributed by atoms with Crippen molar-refractivity contribution >= 4 is 16.7 Å². The molecule has 1 aromatic heterocycles. The van der Waals surface area contributed by atoms with Gasteiger partial charge in [0, 0.05) is 19.0 Å². The smallest absolute Gasteiger partial charge is 0.254 e. The summed E-state index contributed by atoms with van der Waals surface area (Å²) in [6.45, 7) is 3.16. The highest BCUT2D eigenvalue weighted by atomic mass is 16.5. The van der Waals surface area contributed by atoms with E-state index in [1.165, 1.54) is 0 Å². The molecule has 6 nitrogen and oxygen atoms in total. The summed E-state index contributed by atoms with van der Waals surface area (Å²) in [5, 5.41) is 5.93. The molecule has 0 unspecified atom stereocenters. The van der Waals surface area contributed by atoms with Crippen LogP contribution in [0.1, 0.15) is 28.2 Å². The average molecular weight is 323 g/mol. The Labute approximate surface area is 139 Å². The third-order valence-corrected chi connectivity index (χ3v) is 4.20. The van der Waals surface area contributed by atoms with E-state index in [2.05, 4.69) is 10.1 Å². The number of nitrogens with zero attached hydrogens (tertiary/aromatic N) is 3. The molecule has 0 aliphatic carbocycles. The first-order valence-corrected chi connectivity index (χ1v) is 7.91. The highest BCUT2D eigenvalue weighted by Gasteiger charge is 2.29. The molecular formula is C18H17N3O3. The van der Waals surface area contributed by atoms with Crippen LogP contribution >= 0.6 is 0 Å². The number of carbonyl (C=O) groups excluding carboxylic acids is 1. The van der Waals surface area contributed by atoms with Crippen LogP contribution in [-0.2, 0) is 4.74 Å². The van der Waals surface area contributed by atoms with E-state index in [4.69, 9.17) is 9.26 Å². The molecule has 6 heteroatoms. The van der Waals surface area contributed by atoms with Gasteiger partial charge in [0.25, 0.3) is 5.91 Å². The first-order chi connectivity index (χ1) is 11.7.